The summed E-state index contributed by atoms with van der Waals surface area (Å²) in [7, 11) is -3.90. The average molecular weight is 536 g/mol. The van der Waals surface area contributed by atoms with E-state index in [4.69, 9.17) is 4.74 Å². The van der Waals surface area contributed by atoms with E-state index < -0.39 is 27.5 Å². The molecule has 38 heavy (non-hydrogen) atoms. The van der Waals surface area contributed by atoms with E-state index in [1.54, 1.807) is 6.07 Å². The van der Waals surface area contributed by atoms with Crippen molar-refractivity contribution in [3.05, 3.63) is 82.9 Å². The van der Waals surface area contributed by atoms with E-state index in [2.05, 4.69) is 15.2 Å². The van der Waals surface area contributed by atoms with Crippen molar-refractivity contribution in [2.24, 2.45) is 0 Å². The number of carboxylic acid groups (broad SMARTS) is 1. The zero-order valence-electron chi connectivity index (χ0n) is 21.6. The summed E-state index contributed by atoms with van der Waals surface area (Å²) >= 11 is 0. The first-order valence-corrected chi connectivity index (χ1v) is 13.7. The Morgan fingerprint density at radius 1 is 1.13 bits per heavy atom. The molecule has 0 spiro atoms. The van der Waals surface area contributed by atoms with E-state index in [0.717, 1.165) is 28.1 Å². The first kappa shape index (κ1) is 25.8. The zero-order valence-corrected chi connectivity index (χ0v) is 22.4. The molecular weight excluding hydrogens is 506 g/mol. The molecule has 0 saturated carbocycles. The van der Waals surface area contributed by atoms with Gasteiger partial charge in [0.2, 0.25) is 15.9 Å². The number of hydrogen-bond donors (Lipinski definition) is 1. The summed E-state index contributed by atoms with van der Waals surface area (Å²) in [6, 6.07) is 12.5. The van der Waals surface area contributed by atoms with Gasteiger partial charge in [-0.25, -0.2) is 13.4 Å². The summed E-state index contributed by atoms with van der Waals surface area (Å²) in [5.41, 5.74) is 3.07. The number of aliphatic carboxylic acids is 1. The van der Waals surface area contributed by atoms with Gasteiger partial charge in [0.1, 0.15) is 16.3 Å². The molecule has 0 fully saturated rings. The van der Waals surface area contributed by atoms with Gasteiger partial charge in [-0.1, -0.05) is 18.2 Å². The minimum atomic E-state index is -3.90. The fourth-order valence-electron chi connectivity index (χ4n) is 4.85. The number of hydrogen-bond acceptors (Lipinski definition) is 7. The lowest BCUT2D eigenvalue weighted by atomic mass is 9.87. The minimum Gasteiger partial charge on any atom is -0.481 e. The lowest BCUT2D eigenvalue weighted by Crippen LogP contribution is -2.42. The van der Waals surface area contributed by atoms with Crippen molar-refractivity contribution in [3.63, 3.8) is 0 Å². The fourth-order valence-corrected chi connectivity index (χ4v) is 6.48. The molecule has 10 nitrogen and oxygen atoms in total. The van der Waals surface area contributed by atoms with Crippen LogP contribution >= 0.6 is 0 Å². The highest BCUT2D eigenvalue weighted by atomic mass is 32.2. The molecule has 0 bridgehead atoms. The van der Waals surface area contributed by atoms with Gasteiger partial charge >= 0.3 is 5.97 Å². The topological polar surface area (TPSA) is 127 Å². The molecule has 1 aliphatic rings. The zero-order chi connectivity index (χ0) is 27.2. The van der Waals surface area contributed by atoms with E-state index in [1.807, 2.05) is 68.6 Å². The van der Waals surface area contributed by atoms with E-state index in [9.17, 15) is 18.3 Å². The van der Waals surface area contributed by atoms with Gasteiger partial charge in [0.25, 0.3) is 0 Å². The maximum Gasteiger partial charge on any atom is 0.304 e. The Kier molecular flexibility index (Phi) is 6.44. The minimum absolute atomic E-state index is 0.0278. The van der Waals surface area contributed by atoms with E-state index in [1.165, 1.54) is 16.6 Å². The lowest BCUT2D eigenvalue weighted by Gasteiger charge is -2.28. The highest BCUT2D eigenvalue weighted by Crippen LogP contribution is 2.35. The number of fused-ring (bicyclic) bond motifs is 2. The molecule has 1 aromatic carbocycles. The van der Waals surface area contributed by atoms with Crippen LogP contribution in [0.5, 0.6) is 5.88 Å². The van der Waals surface area contributed by atoms with Gasteiger partial charge in [-0.3, -0.25) is 9.20 Å². The molecule has 0 unspecified atom stereocenters. The Morgan fingerprint density at radius 3 is 2.66 bits per heavy atom. The van der Waals surface area contributed by atoms with Crippen molar-refractivity contribution in [2.45, 2.75) is 57.1 Å². The van der Waals surface area contributed by atoms with Crippen LogP contribution < -0.4 is 4.74 Å². The fraction of sp³-hybridized carbons (Fsp3) is 0.333. The Balaban J connectivity index is 1.55. The van der Waals surface area contributed by atoms with Crippen molar-refractivity contribution in [1.29, 1.82) is 0 Å². The van der Waals surface area contributed by atoms with Crippen LogP contribution in [0.1, 0.15) is 54.3 Å². The summed E-state index contributed by atoms with van der Waals surface area (Å²) in [4.78, 5) is 16.0. The quantitative estimate of drug-likeness (QED) is 0.396. The summed E-state index contributed by atoms with van der Waals surface area (Å²) in [5, 5.41) is 18.0. The van der Waals surface area contributed by atoms with Crippen molar-refractivity contribution in [2.75, 3.05) is 6.54 Å². The van der Waals surface area contributed by atoms with Crippen LogP contribution in [-0.2, 0) is 21.4 Å². The second kappa shape index (κ2) is 9.48. The smallest absolute Gasteiger partial charge is 0.304 e. The Bertz CT molecular complexity index is 1650. The SMILES string of the molecule is Cc1ccc([C@@H](CC(=O)O)c2ccn3c(C)nnc3c2)cc1CN1CC(C)(C)Oc2ncccc2S1(=O)=O. The lowest BCUT2D eigenvalue weighted by molar-refractivity contribution is -0.137. The van der Waals surface area contributed by atoms with E-state index in [0.29, 0.717) is 5.65 Å². The average Bonchev–Trinajstić information content (AvgIpc) is 3.19. The normalized spacial score (nSPS) is 17.4. The third-order valence-electron chi connectivity index (χ3n) is 6.79. The molecule has 0 radical (unpaired) electrons. The Labute approximate surface area is 221 Å². The molecule has 1 atom stereocenters. The Hall–Kier alpha value is -3.83. The van der Waals surface area contributed by atoms with Gasteiger partial charge in [-0.05, 0) is 74.2 Å². The predicted octanol–water partition coefficient (Wildman–Crippen LogP) is 3.71. The third kappa shape index (κ3) is 4.86. The molecule has 1 N–H and O–H groups in total. The maximum atomic E-state index is 13.7. The number of pyridine rings is 2. The number of sulfonamides is 1. The largest absolute Gasteiger partial charge is 0.481 e. The second-order valence-electron chi connectivity index (χ2n) is 10.2. The Morgan fingerprint density at radius 2 is 1.89 bits per heavy atom. The summed E-state index contributed by atoms with van der Waals surface area (Å²) < 4.78 is 36.5. The van der Waals surface area contributed by atoms with Crippen LogP contribution in [0.2, 0.25) is 0 Å². The van der Waals surface area contributed by atoms with Gasteiger partial charge in [0.15, 0.2) is 5.65 Å². The van der Waals surface area contributed by atoms with E-state index in [-0.39, 0.29) is 30.3 Å². The number of aromatic nitrogens is 4. The third-order valence-corrected chi connectivity index (χ3v) is 8.60. The van der Waals surface area contributed by atoms with Crippen molar-refractivity contribution in [3.8, 4) is 5.88 Å². The van der Waals surface area contributed by atoms with Crippen LogP contribution in [0.15, 0.2) is 59.8 Å². The summed E-state index contributed by atoms with van der Waals surface area (Å²) in [6.07, 6.45) is 3.21. The highest BCUT2D eigenvalue weighted by molar-refractivity contribution is 7.89. The highest BCUT2D eigenvalue weighted by Gasteiger charge is 2.39. The monoisotopic (exact) mass is 535 g/mol. The number of aryl methyl sites for hydroxylation is 2. The number of benzene rings is 1. The van der Waals surface area contributed by atoms with Crippen molar-refractivity contribution < 1.29 is 23.1 Å². The maximum absolute atomic E-state index is 13.7. The van der Waals surface area contributed by atoms with Crippen LogP contribution in [0.4, 0.5) is 0 Å². The number of carbonyl (C=O) groups is 1. The molecular formula is C27H29N5O5S. The predicted molar refractivity (Wildman–Crippen MR) is 140 cm³/mol. The van der Waals surface area contributed by atoms with Crippen LogP contribution in [0, 0.1) is 13.8 Å². The number of rotatable bonds is 6. The van der Waals surface area contributed by atoms with Gasteiger partial charge in [0.05, 0.1) is 13.0 Å². The molecule has 0 saturated heterocycles. The van der Waals surface area contributed by atoms with Gasteiger partial charge in [-0.2, -0.15) is 4.31 Å². The standard InChI is InChI=1S/C27H29N5O5S/c1-17-7-8-19(22(14-25(33)34)20-9-11-32-18(2)29-30-24(32)13-20)12-21(17)15-31-16-27(3,4)37-26-23(38(31,35)36)6-5-10-28-26/h5-13,22H,14-16H2,1-4H3,(H,33,34)/t22-/m1/s1. The second-order valence-corrected chi connectivity index (χ2v) is 12.1. The number of nitrogens with zero attached hydrogens (tertiary/aromatic N) is 5. The van der Waals surface area contributed by atoms with Crippen LogP contribution in [-0.4, -0.2) is 55.5 Å². The van der Waals surface area contributed by atoms with Crippen LogP contribution in [0.3, 0.4) is 0 Å². The first-order chi connectivity index (χ1) is 17.9. The molecule has 11 heteroatoms. The molecule has 3 aromatic heterocycles. The van der Waals surface area contributed by atoms with Gasteiger partial charge in [-0.15, -0.1) is 10.2 Å². The van der Waals surface area contributed by atoms with Gasteiger partial charge in [0, 0.05) is 24.9 Å². The molecule has 4 aromatic rings. The molecule has 5 rings (SSSR count). The van der Waals surface area contributed by atoms with Crippen LogP contribution in [0.25, 0.3) is 5.65 Å². The van der Waals surface area contributed by atoms with Crippen molar-refractivity contribution >= 4 is 21.6 Å². The number of carboxylic acids is 1. The molecule has 198 valence electrons. The molecule has 1 aliphatic heterocycles. The summed E-state index contributed by atoms with van der Waals surface area (Å²) in [6.45, 7) is 7.64. The number of ether oxygens (including phenoxy) is 1. The van der Waals surface area contributed by atoms with E-state index >= 15 is 0 Å². The molecule has 0 aliphatic carbocycles. The molecule has 0 amide bonds. The van der Waals surface area contributed by atoms with Gasteiger partial charge < -0.3 is 9.84 Å². The van der Waals surface area contributed by atoms with Crippen molar-refractivity contribution in [1.82, 2.24) is 23.9 Å². The molecule has 4 heterocycles. The first-order valence-electron chi connectivity index (χ1n) is 12.2. The summed E-state index contributed by atoms with van der Waals surface area (Å²) in [5.74, 6) is -0.570.